The number of amides is 1. The SMILES string of the molecule is CCCCNC(=O)COC(=O)Cc1sc(-c2ccccc2)nc1-c1cccs1. The zero-order valence-electron chi connectivity index (χ0n) is 15.6. The predicted molar refractivity (Wildman–Crippen MR) is 113 cm³/mol. The number of unbranched alkanes of at least 4 members (excludes halogenated alkanes) is 1. The summed E-state index contributed by atoms with van der Waals surface area (Å²) in [5.41, 5.74) is 1.82. The summed E-state index contributed by atoms with van der Waals surface area (Å²) in [5, 5.41) is 5.59. The summed E-state index contributed by atoms with van der Waals surface area (Å²) in [6.07, 6.45) is 2.01. The van der Waals surface area contributed by atoms with Gasteiger partial charge in [0.05, 0.1) is 17.0 Å². The number of nitrogens with one attached hydrogen (secondary N) is 1. The smallest absolute Gasteiger partial charge is 0.311 e. The number of hydrogen-bond acceptors (Lipinski definition) is 6. The minimum atomic E-state index is -0.424. The lowest BCUT2D eigenvalue weighted by Crippen LogP contribution is -2.29. The third-order valence-corrected chi connectivity index (χ3v) is 5.98. The van der Waals surface area contributed by atoms with Crippen LogP contribution in [0.15, 0.2) is 47.8 Å². The highest BCUT2D eigenvalue weighted by molar-refractivity contribution is 7.17. The average Bonchev–Trinajstić information content (AvgIpc) is 3.37. The molecule has 146 valence electrons. The number of aromatic nitrogens is 1. The van der Waals surface area contributed by atoms with Gasteiger partial charge in [-0.1, -0.05) is 49.7 Å². The first-order chi connectivity index (χ1) is 13.7. The van der Waals surface area contributed by atoms with Crippen LogP contribution < -0.4 is 5.32 Å². The van der Waals surface area contributed by atoms with Crippen molar-refractivity contribution in [3.63, 3.8) is 0 Å². The van der Waals surface area contributed by atoms with E-state index in [1.54, 1.807) is 11.3 Å². The summed E-state index contributed by atoms with van der Waals surface area (Å²) < 4.78 is 5.16. The van der Waals surface area contributed by atoms with E-state index in [9.17, 15) is 9.59 Å². The van der Waals surface area contributed by atoms with Gasteiger partial charge in [-0.3, -0.25) is 9.59 Å². The summed E-state index contributed by atoms with van der Waals surface area (Å²) in [6.45, 7) is 2.40. The molecular formula is C21H22N2O3S2. The van der Waals surface area contributed by atoms with Crippen LogP contribution in [0.3, 0.4) is 0 Å². The van der Waals surface area contributed by atoms with Crippen molar-refractivity contribution in [2.75, 3.05) is 13.2 Å². The van der Waals surface area contributed by atoms with Crippen molar-refractivity contribution in [3.05, 3.63) is 52.7 Å². The Morgan fingerprint density at radius 3 is 2.68 bits per heavy atom. The van der Waals surface area contributed by atoms with Crippen molar-refractivity contribution in [3.8, 4) is 21.1 Å². The molecule has 0 radical (unpaired) electrons. The van der Waals surface area contributed by atoms with E-state index in [4.69, 9.17) is 9.72 Å². The van der Waals surface area contributed by atoms with Crippen molar-refractivity contribution >= 4 is 34.6 Å². The Balaban J connectivity index is 1.69. The van der Waals surface area contributed by atoms with Crippen LogP contribution >= 0.6 is 22.7 Å². The zero-order valence-corrected chi connectivity index (χ0v) is 17.3. The van der Waals surface area contributed by atoms with Crippen LogP contribution in [-0.4, -0.2) is 30.0 Å². The first kappa shape index (κ1) is 20.2. The highest BCUT2D eigenvalue weighted by Crippen LogP contribution is 2.36. The van der Waals surface area contributed by atoms with Gasteiger partial charge in [-0.15, -0.1) is 22.7 Å². The van der Waals surface area contributed by atoms with Crippen molar-refractivity contribution in [1.29, 1.82) is 0 Å². The van der Waals surface area contributed by atoms with Crippen molar-refractivity contribution in [2.45, 2.75) is 26.2 Å². The van der Waals surface area contributed by atoms with Crippen LogP contribution in [0.25, 0.3) is 21.1 Å². The van der Waals surface area contributed by atoms with Gasteiger partial charge in [-0.2, -0.15) is 0 Å². The largest absolute Gasteiger partial charge is 0.455 e. The van der Waals surface area contributed by atoms with E-state index in [1.807, 2.05) is 47.8 Å². The molecule has 0 spiro atoms. The second-order valence-corrected chi connectivity index (χ2v) is 8.21. The molecule has 7 heteroatoms. The van der Waals surface area contributed by atoms with Crippen LogP contribution in [0, 0.1) is 0 Å². The van der Waals surface area contributed by atoms with Gasteiger partial charge in [-0.25, -0.2) is 4.98 Å². The van der Waals surface area contributed by atoms with E-state index in [0.29, 0.717) is 6.54 Å². The molecule has 1 aromatic carbocycles. The van der Waals surface area contributed by atoms with Gasteiger partial charge in [0, 0.05) is 17.0 Å². The molecule has 0 aliphatic carbocycles. The van der Waals surface area contributed by atoms with Gasteiger partial charge < -0.3 is 10.1 Å². The Hall–Kier alpha value is -2.51. The molecule has 0 aliphatic heterocycles. The number of hydrogen-bond donors (Lipinski definition) is 1. The molecule has 0 saturated carbocycles. The fourth-order valence-corrected chi connectivity index (χ4v) is 4.44. The summed E-state index contributed by atoms with van der Waals surface area (Å²) in [4.78, 5) is 30.6. The maximum absolute atomic E-state index is 12.3. The maximum Gasteiger partial charge on any atom is 0.311 e. The molecule has 0 unspecified atom stereocenters. The topological polar surface area (TPSA) is 68.3 Å². The number of ether oxygens (including phenoxy) is 1. The van der Waals surface area contributed by atoms with Crippen LogP contribution in [0.5, 0.6) is 0 Å². The predicted octanol–water partition coefficient (Wildman–Crippen LogP) is 4.54. The highest BCUT2D eigenvalue weighted by Gasteiger charge is 2.19. The number of benzene rings is 1. The van der Waals surface area contributed by atoms with Gasteiger partial charge in [-0.05, 0) is 17.9 Å². The molecule has 0 bridgehead atoms. The van der Waals surface area contributed by atoms with E-state index >= 15 is 0 Å². The third-order valence-electron chi connectivity index (χ3n) is 3.99. The van der Waals surface area contributed by atoms with Crippen LogP contribution in [0.4, 0.5) is 0 Å². The summed E-state index contributed by atoms with van der Waals surface area (Å²) >= 11 is 3.07. The summed E-state index contributed by atoms with van der Waals surface area (Å²) in [5.74, 6) is -0.693. The Kier molecular flexibility index (Phi) is 7.33. The second kappa shape index (κ2) is 10.1. The van der Waals surface area contributed by atoms with E-state index < -0.39 is 5.97 Å². The fourth-order valence-electron chi connectivity index (χ4n) is 2.57. The Labute approximate surface area is 172 Å². The molecule has 28 heavy (non-hydrogen) atoms. The highest BCUT2D eigenvalue weighted by atomic mass is 32.1. The lowest BCUT2D eigenvalue weighted by Gasteiger charge is -2.06. The van der Waals surface area contributed by atoms with E-state index in [-0.39, 0.29) is 18.9 Å². The molecule has 0 saturated heterocycles. The van der Waals surface area contributed by atoms with Crippen molar-refractivity contribution in [1.82, 2.24) is 10.3 Å². The Morgan fingerprint density at radius 2 is 1.96 bits per heavy atom. The maximum atomic E-state index is 12.3. The molecule has 0 atom stereocenters. The number of esters is 1. The normalized spacial score (nSPS) is 10.6. The van der Waals surface area contributed by atoms with E-state index in [1.165, 1.54) is 11.3 Å². The molecule has 0 aliphatic rings. The van der Waals surface area contributed by atoms with Gasteiger partial charge in [0.15, 0.2) is 6.61 Å². The van der Waals surface area contributed by atoms with Gasteiger partial charge in [0.1, 0.15) is 5.01 Å². The quantitative estimate of drug-likeness (QED) is 0.412. The number of carbonyl (C=O) groups excluding carboxylic acids is 2. The molecule has 2 aromatic heterocycles. The minimum Gasteiger partial charge on any atom is -0.455 e. The van der Waals surface area contributed by atoms with Crippen molar-refractivity contribution in [2.24, 2.45) is 0 Å². The molecule has 0 fully saturated rings. The van der Waals surface area contributed by atoms with E-state index in [0.717, 1.165) is 38.9 Å². The second-order valence-electron chi connectivity index (χ2n) is 6.18. The summed E-state index contributed by atoms with van der Waals surface area (Å²) in [7, 11) is 0. The molecule has 3 rings (SSSR count). The number of carbonyl (C=O) groups is 2. The van der Waals surface area contributed by atoms with Gasteiger partial charge >= 0.3 is 5.97 Å². The lowest BCUT2D eigenvalue weighted by molar-refractivity contribution is -0.147. The number of rotatable bonds is 9. The third kappa shape index (κ3) is 5.50. The van der Waals surface area contributed by atoms with Crippen LogP contribution in [-0.2, 0) is 20.7 Å². The first-order valence-electron chi connectivity index (χ1n) is 9.18. The molecule has 1 N–H and O–H groups in total. The standard InChI is InChI=1S/C21H22N2O3S2/c1-2-3-11-22-18(24)14-26-19(25)13-17-20(16-10-7-12-27-16)23-21(28-17)15-8-5-4-6-9-15/h4-10,12H,2-3,11,13-14H2,1H3,(H,22,24). The minimum absolute atomic E-state index is 0.0972. The lowest BCUT2D eigenvalue weighted by atomic mass is 10.2. The number of thiazole rings is 1. The zero-order chi connectivity index (χ0) is 19.8. The monoisotopic (exact) mass is 414 g/mol. The fraction of sp³-hybridized carbons (Fsp3) is 0.286. The molecular weight excluding hydrogens is 392 g/mol. The summed E-state index contributed by atoms with van der Waals surface area (Å²) in [6, 6.07) is 13.8. The van der Waals surface area contributed by atoms with Gasteiger partial charge in [0.25, 0.3) is 5.91 Å². The van der Waals surface area contributed by atoms with Crippen LogP contribution in [0.2, 0.25) is 0 Å². The molecule has 1 amide bonds. The molecule has 2 heterocycles. The van der Waals surface area contributed by atoms with Crippen molar-refractivity contribution < 1.29 is 14.3 Å². The molecule has 5 nitrogen and oxygen atoms in total. The van der Waals surface area contributed by atoms with E-state index in [2.05, 4.69) is 12.2 Å². The first-order valence-corrected chi connectivity index (χ1v) is 10.9. The van der Waals surface area contributed by atoms with Gasteiger partial charge in [0.2, 0.25) is 0 Å². The number of thiophene rings is 1. The van der Waals surface area contributed by atoms with Crippen LogP contribution in [0.1, 0.15) is 24.6 Å². The molecule has 3 aromatic rings. The number of nitrogens with zero attached hydrogens (tertiary/aromatic N) is 1. The average molecular weight is 415 g/mol. The Bertz CT molecular complexity index is 905. The Morgan fingerprint density at radius 1 is 1.14 bits per heavy atom.